The summed E-state index contributed by atoms with van der Waals surface area (Å²) in [4.78, 5) is 35.3. The number of aryl methyl sites for hydroxylation is 1. The Kier molecular flexibility index (Phi) is 5.07. The summed E-state index contributed by atoms with van der Waals surface area (Å²) >= 11 is 1.44. The molecule has 8 nitrogen and oxygen atoms in total. The third-order valence-electron chi connectivity index (χ3n) is 6.04. The van der Waals surface area contributed by atoms with Crippen molar-refractivity contribution in [3.05, 3.63) is 5.82 Å². The van der Waals surface area contributed by atoms with E-state index in [4.69, 9.17) is 4.74 Å². The number of aromatic nitrogens is 2. The molecule has 3 aliphatic rings. The van der Waals surface area contributed by atoms with Crippen LogP contribution in [-0.4, -0.2) is 82.4 Å². The Morgan fingerprint density at radius 3 is 2.78 bits per heavy atom. The van der Waals surface area contributed by atoms with Gasteiger partial charge in [0, 0.05) is 51.2 Å². The zero-order valence-electron chi connectivity index (χ0n) is 16.0. The molecule has 0 N–H and O–H groups in total. The molecule has 1 aromatic heterocycles. The first-order chi connectivity index (χ1) is 13.0. The normalized spacial score (nSPS) is 25.9. The highest BCUT2D eigenvalue weighted by molar-refractivity contribution is 7.09. The molecule has 1 aromatic rings. The number of likely N-dealkylation sites (tertiary alicyclic amines) is 1. The highest BCUT2D eigenvalue weighted by Crippen LogP contribution is 2.33. The van der Waals surface area contributed by atoms with Gasteiger partial charge in [0.1, 0.15) is 11.9 Å². The van der Waals surface area contributed by atoms with Gasteiger partial charge in [-0.15, -0.1) is 0 Å². The number of piperidine rings is 2. The van der Waals surface area contributed by atoms with Gasteiger partial charge in [-0.25, -0.2) is 4.98 Å². The molecule has 9 heteroatoms. The van der Waals surface area contributed by atoms with Crippen LogP contribution in [0.5, 0.6) is 0 Å². The number of carbonyl (C=O) groups excluding carboxylic acids is 2. The first kappa shape index (κ1) is 18.6. The molecule has 2 amide bonds. The summed E-state index contributed by atoms with van der Waals surface area (Å²) in [6.45, 7) is 5.42. The van der Waals surface area contributed by atoms with Gasteiger partial charge in [-0.2, -0.15) is 4.37 Å². The smallest absolute Gasteiger partial charge is 0.245 e. The maximum atomic E-state index is 13.1. The molecule has 1 atom stereocenters. The fourth-order valence-electron chi connectivity index (χ4n) is 4.35. The van der Waals surface area contributed by atoms with Gasteiger partial charge in [-0.1, -0.05) is 0 Å². The van der Waals surface area contributed by atoms with E-state index in [-0.39, 0.29) is 23.5 Å². The molecule has 3 saturated heterocycles. The van der Waals surface area contributed by atoms with Gasteiger partial charge in [0.05, 0.1) is 12.2 Å². The Hall–Kier alpha value is -1.74. The summed E-state index contributed by atoms with van der Waals surface area (Å²) in [5, 5.41) is 0.966. The second-order valence-electron chi connectivity index (χ2n) is 7.82. The number of hydrogen-bond acceptors (Lipinski definition) is 7. The molecule has 0 aromatic carbocycles. The van der Waals surface area contributed by atoms with E-state index in [1.165, 1.54) is 11.5 Å². The number of anilines is 1. The fourth-order valence-corrected chi connectivity index (χ4v) is 5.07. The topological polar surface area (TPSA) is 78.9 Å². The molecule has 27 heavy (non-hydrogen) atoms. The third kappa shape index (κ3) is 3.67. The number of likely N-dealkylation sites (N-methyl/N-ethyl adjacent to an activating group) is 1. The van der Waals surface area contributed by atoms with E-state index < -0.39 is 0 Å². The van der Waals surface area contributed by atoms with Crippen LogP contribution in [0.1, 0.15) is 37.9 Å². The molecule has 3 fully saturated rings. The van der Waals surface area contributed by atoms with E-state index in [9.17, 15) is 9.59 Å². The van der Waals surface area contributed by atoms with Crippen LogP contribution in [0.25, 0.3) is 0 Å². The Morgan fingerprint density at radius 1 is 1.30 bits per heavy atom. The molecule has 4 heterocycles. The summed E-state index contributed by atoms with van der Waals surface area (Å²) in [6.07, 6.45) is 3.85. The Morgan fingerprint density at radius 2 is 2.07 bits per heavy atom. The second-order valence-corrected chi connectivity index (χ2v) is 8.55. The maximum absolute atomic E-state index is 13.1. The van der Waals surface area contributed by atoms with Crippen LogP contribution in [0, 0.1) is 6.92 Å². The number of carbonyl (C=O) groups is 2. The molecule has 0 aliphatic carbocycles. The standard InChI is InChI=1S/C18H27N5O3S/c1-13-19-17(27-20-13)22-8-6-18(7-9-22)12-23(10-11-26-18)16(25)14-4-3-5-15(24)21(14)2/h14H,3-12H2,1-2H3. The molecule has 1 spiro atoms. The van der Waals surface area contributed by atoms with Crippen molar-refractivity contribution in [2.45, 2.75) is 50.7 Å². The lowest BCUT2D eigenvalue weighted by Crippen LogP contribution is -2.61. The Balaban J connectivity index is 1.39. The van der Waals surface area contributed by atoms with Crippen molar-refractivity contribution in [3.8, 4) is 0 Å². The van der Waals surface area contributed by atoms with Crippen LogP contribution in [0.2, 0.25) is 0 Å². The number of nitrogens with zero attached hydrogens (tertiary/aromatic N) is 5. The number of ether oxygens (including phenoxy) is 1. The quantitative estimate of drug-likeness (QED) is 0.748. The van der Waals surface area contributed by atoms with Crippen LogP contribution in [-0.2, 0) is 14.3 Å². The summed E-state index contributed by atoms with van der Waals surface area (Å²) < 4.78 is 10.4. The van der Waals surface area contributed by atoms with Gasteiger partial charge < -0.3 is 19.4 Å². The first-order valence-corrected chi connectivity index (χ1v) is 10.5. The maximum Gasteiger partial charge on any atom is 0.245 e. The van der Waals surface area contributed by atoms with E-state index >= 15 is 0 Å². The van der Waals surface area contributed by atoms with Crippen molar-refractivity contribution in [2.24, 2.45) is 0 Å². The zero-order valence-corrected chi connectivity index (χ0v) is 16.8. The minimum absolute atomic E-state index is 0.0724. The number of morpholine rings is 1. The molecule has 0 bridgehead atoms. The molecule has 1 unspecified atom stereocenters. The van der Waals surface area contributed by atoms with Crippen molar-refractivity contribution >= 4 is 28.5 Å². The van der Waals surface area contributed by atoms with Crippen molar-refractivity contribution < 1.29 is 14.3 Å². The molecule has 148 valence electrons. The Bertz CT molecular complexity index is 716. The van der Waals surface area contributed by atoms with Crippen molar-refractivity contribution in [3.63, 3.8) is 0 Å². The minimum atomic E-state index is -0.314. The summed E-state index contributed by atoms with van der Waals surface area (Å²) in [5.74, 6) is 0.964. The average Bonchev–Trinajstić information content (AvgIpc) is 3.10. The van der Waals surface area contributed by atoms with E-state index in [1.807, 2.05) is 11.8 Å². The van der Waals surface area contributed by atoms with Crippen LogP contribution in [0.3, 0.4) is 0 Å². The highest BCUT2D eigenvalue weighted by atomic mass is 32.1. The minimum Gasteiger partial charge on any atom is -0.371 e. The fraction of sp³-hybridized carbons (Fsp3) is 0.778. The molecular weight excluding hydrogens is 366 g/mol. The van der Waals surface area contributed by atoms with Crippen LogP contribution >= 0.6 is 11.5 Å². The number of amides is 2. The zero-order chi connectivity index (χ0) is 19.0. The molecular formula is C18H27N5O3S. The highest BCUT2D eigenvalue weighted by Gasteiger charge is 2.43. The lowest BCUT2D eigenvalue weighted by molar-refractivity contribution is -0.162. The van der Waals surface area contributed by atoms with Gasteiger partial charge in [0.2, 0.25) is 16.9 Å². The monoisotopic (exact) mass is 393 g/mol. The lowest BCUT2D eigenvalue weighted by Gasteiger charge is -2.48. The van der Waals surface area contributed by atoms with E-state index in [0.717, 1.165) is 49.7 Å². The molecule has 0 radical (unpaired) electrons. The SMILES string of the molecule is Cc1nsc(N2CCC3(CC2)CN(C(=O)C2CCCC(=O)N2C)CCO3)n1. The molecule has 0 saturated carbocycles. The predicted molar refractivity (Wildman–Crippen MR) is 102 cm³/mol. The van der Waals surface area contributed by atoms with Gasteiger partial charge in [-0.3, -0.25) is 9.59 Å². The lowest BCUT2D eigenvalue weighted by atomic mass is 9.89. The van der Waals surface area contributed by atoms with Crippen LogP contribution < -0.4 is 4.90 Å². The van der Waals surface area contributed by atoms with Gasteiger partial charge in [-0.05, 0) is 32.6 Å². The van der Waals surface area contributed by atoms with Crippen LogP contribution in [0.4, 0.5) is 5.13 Å². The second kappa shape index (κ2) is 7.35. The van der Waals surface area contributed by atoms with E-state index in [1.54, 1.807) is 11.9 Å². The summed E-state index contributed by atoms with van der Waals surface area (Å²) in [6, 6.07) is -0.314. The number of rotatable bonds is 2. The van der Waals surface area contributed by atoms with Crippen LogP contribution in [0.15, 0.2) is 0 Å². The average molecular weight is 394 g/mol. The molecule has 3 aliphatic heterocycles. The largest absolute Gasteiger partial charge is 0.371 e. The Labute approximate surface area is 163 Å². The predicted octanol–water partition coefficient (Wildman–Crippen LogP) is 1.06. The first-order valence-electron chi connectivity index (χ1n) is 9.71. The van der Waals surface area contributed by atoms with Gasteiger partial charge in [0.15, 0.2) is 0 Å². The third-order valence-corrected chi connectivity index (χ3v) is 6.90. The van der Waals surface area contributed by atoms with Crippen molar-refractivity contribution in [1.82, 2.24) is 19.2 Å². The summed E-state index contributed by atoms with van der Waals surface area (Å²) in [5.41, 5.74) is -0.276. The van der Waals surface area contributed by atoms with Crippen molar-refractivity contribution in [1.29, 1.82) is 0 Å². The molecule has 4 rings (SSSR count). The van der Waals surface area contributed by atoms with E-state index in [0.29, 0.717) is 26.1 Å². The van der Waals surface area contributed by atoms with Gasteiger partial charge >= 0.3 is 0 Å². The summed E-state index contributed by atoms with van der Waals surface area (Å²) in [7, 11) is 1.75. The van der Waals surface area contributed by atoms with E-state index in [2.05, 4.69) is 14.3 Å². The van der Waals surface area contributed by atoms with Crippen molar-refractivity contribution in [2.75, 3.05) is 44.7 Å². The number of hydrogen-bond donors (Lipinski definition) is 0. The van der Waals surface area contributed by atoms with Gasteiger partial charge in [0.25, 0.3) is 0 Å².